The van der Waals surface area contributed by atoms with Gasteiger partial charge in [0.2, 0.25) is 16.0 Å². The predicted molar refractivity (Wildman–Crippen MR) is 103 cm³/mol. The molecular formula is C18H23N3O4S. The van der Waals surface area contributed by atoms with Crippen LogP contribution >= 0.6 is 0 Å². The number of nitrogens with one attached hydrogen (secondary N) is 2. The maximum atomic E-state index is 11.7. The van der Waals surface area contributed by atoms with Gasteiger partial charge in [0.15, 0.2) is 0 Å². The summed E-state index contributed by atoms with van der Waals surface area (Å²) >= 11 is 0. The number of hydrogen-bond acceptors (Lipinski definition) is 5. The van der Waals surface area contributed by atoms with E-state index < -0.39 is 10.0 Å². The highest BCUT2D eigenvalue weighted by molar-refractivity contribution is 7.89. The number of rotatable bonds is 7. The van der Waals surface area contributed by atoms with Gasteiger partial charge in [-0.2, -0.15) is 0 Å². The summed E-state index contributed by atoms with van der Waals surface area (Å²) in [5, 5.41) is 2.97. The number of methoxy groups -OCH3 is 1. The van der Waals surface area contributed by atoms with Crippen LogP contribution in [0.1, 0.15) is 12.5 Å². The molecule has 0 aliphatic carbocycles. The average Bonchev–Trinajstić information content (AvgIpc) is 2.60. The number of para-hydroxylation sites is 3. The van der Waals surface area contributed by atoms with Crippen LogP contribution in [0.4, 0.5) is 5.69 Å². The van der Waals surface area contributed by atoms with Crippen LogP contribution in [0.25, 0.3) is 0 Å². The van der Waals surface area contributed by atoms with E-state index in [9.17, 15) is 8.42 Å². The predicted octanol–water partition coefficient (Wildman–Crippen LogP) is 2.61. The topological polar surface area (TPSA) is 89.0 Å². The van der Waals surface area contributed by atoms with Crippen molar-refractivity contribution in [2.45, 2.75) is 13.5 Å². The minimum Gasteiger partial charge on any atom is -0.495 e. The molecule has 0 fully saturated rings. The molecule has 0 spiro atoms. The number of benzene rings is 2. The Kier molecular flexibility index (Phi) is 6.85. The van der Waals surface area contributed by atoms with Gasteiger partial charge in [-0.15, -0.1) is 0 Å². The van der Waals surface area contributed by atoms with Crippen LogP contribution in [-0.2, 0) is 16.6 Å². The van der Waals surface area contributed by atoms with Crippen molar-refractivity contribution in [3.05, 3.63) is 54.1 Å². The maximum absolute atomic E-state index is 11.7. The minimum atomic E-state index is -3.50. The number of anilines is 1. The monoisotopic (exact) mass is 377 g/mol. The highest BCUT2D eigenvalue weighted by Crippen LogP contribution is 2.23. The molecule has 0 bridgehead atoms. The van der Waals surface area contributed by atoms with E-state index in [1.54, 1.807) is 19.2 Å². The third-order valence-corrected chi connectivity index (χ3v) is 3.89. The summed E-state index contributed by atoms with van der Waals surface area (Å²) in [5.74, 6) is 1.39. The zero-order valence-corrected chi connectivity index (χ0v) is 15.8. The van der Waals surface area contributed by atoms with E-state index in [0.29, 0.717) is 18.0 Å². The quantitative estimate of drug-likeness (QED) is 0.572. The first-order valence-corrected chi connectivity index (χ1v) is 9.95. The van der Waals surface area contributed by atoms with Crippen LogP contribution in [0.2, 0.25) is 0 Å². The highest BCUT2D eigenvalue weighted by atomic mass is 32.2. The molecular weight excluding hydrogens is 354 g/mol. The molecule has 0 aliphatic rings. The van der Waals surface area contributed by atoms with Gasteiger partial charge in [0.05, 0.1) is 32.2 Å². The first-order chi connectivity index (χ1) is 12.4. The third kappa shape index (κ3) is 5.96. The Hall–Kier alpha value is -2.74. The van der Waals surface area contributed by atoms with Crippen LogP contribution < -0.4 is 19.5 Å². The van der Waals surface area contributed by atoms with E-state index in [4.69, 9.17) is 9.47 Å². The lowest BCUT2D eigenvalue weighted by atomic mass is 10.2. The largest absolute Gasteiger partial charge is 0.495 e. The summed E-state index contributed by atoms with van der Waals surface area (Å²) < 4.78 is 36.6. The van der Waals surface area contributed by atoms with Gasteiger partial charge in [0.25, 0.3) is 0 Å². The van der Waals surface area contributed by atoms with E-state index in [0.717, 1.165) is 17.6 Å². The number of hydrogen-bond donors (Lipinski definition) is 2. The molecule has 0 radical (unpaired) electrons. The molecule has 2 rings (SSSR count). The molecule has 7 nitrogen and oxygen atoms in total. The third-order valence-electron chi connectivity index (χ3n) is 3.32. The second-order valence-corrected chi connectivity index (χ2v) is 7.15. The Bertz CT molecular complexity index is 866. The fourth-order valence-corrected chi connectivity index (χ4v) is 2.71. The fourth-order valence-electron chi connectivity index (χ4n) is 2.24. The standard InChI is InChI=1S/C18H23N3O4S/c1-4-25-16-11-7-5-9-14(16)13-19-18(21-26(3,22)23)20-15-10-6-8-12-17(15)24-2/h5-12H,4,13H2,1-3H3,(H2,19,20,21). The molecule has 140 valence electrons. The Morgan fingerprint density at radius 3 is 2.38 bits per heavy atom. The van der Waals surface area contributed by atoms with Crippen LogP contribution in [0.5, 0.6) is 11.5 Å². The second-order valence-electron chi connectivity index (χ2n) is 5.41. The first-order valence-electron chi connectivity index (χ1n) is 8.06. The lowest BCUT2D eigenvalue weighted by Gasteiger charge is -2.14. The number of nitrogens with zero attached hydrogens (tertiary/aromatic N) is 1. The van der Waals surface area contributed by atoms with E-state index in [1.165, 1.54) is 0 Å². The summed E-state index contributed by atoms with van der Waals surface area (Å²) in [6.07, 6.45) is 1.07. The SMILES string of the molecule is CCOc1ccccc1CN=C(Nc1ccccc1OC)NS(C)(=O)=O. The van der Waals surface area contributed by atoms with Crippen molar-refractivity contribution in [1.29, 1.82) is 0 Å². The Balaban J connectivity index is 2.28. The van der Waals surface area contributed by atoms with Crippen molar-refractivity contribution >= 4 is 21.7 Å². The van der Waals surface area contributed by atoms with Crippen molar-refractivity contribution in [2.24, 2.45) is 4.99 Å². The van der Waals surface area contributed by atoms with Gasteiger partial charge in [0, 0.05) is 5.56 Å². The fraction of sp³-hybridized carbons (Fsp3) is 0.278. The Morgan fingerprint density at radius 1 is 1.08 bits per heavy atom. The zero-order chi connectivity index (χ0) is 19.0. The number of guanidine groups is 1. The van der Waals surface area contributed by atoms with Crippen LogP contribution in [-0.4, -0.2) is 34.3 Å². The van der Waals surface area contributed by atoms with Gasteiger partial charge in [-0.25, -0.2) is 13.4 Å². The van der Waals surface area contributed by atoms with Crippen LogP contribution in [0, 0.1) is 0 Å². The van der Waals surface area contributed by atoms with Gasteiger partial charge >= 0.3 is 0 Å². The van der Waals surface area contributed by atoms with Crippen molar-refractivity contribution in [2.75, 3.05) is 25.3 Å². The summed E-state index contributed by atoms with van der Waals surface area (Å²) in [6.45, 7) is 2.69. The second kappa shape index (κ2) is 9.10. The van der Waals surface area contributed by atoms with E-state index in [1.807, 2.05) is 43.3 Å². The normalized spacial score (nSPS) is 11.7. The zero-order valence-electron chi connectivity index (χ0n) is 15.0. The van der Waals surface area contributed by atoms with Gasteiger partial charge in [-0.3, -0.25) is 4.72 Å². The molecule has 2 N–H and O–H groups in total. The molecule has 26 heavy (non-hydrogen) atoms. The van der Waals surface area contributed by atoms with Gasteiger partial charge in [0.1, 0.15) is 11.5 Å². The summed E-state index contributed by atoms with van der Waals surface area (Å²) in [7, 11) is -1.96. The van der Waals surface area contributed by atoms with E-state index in [2.05, 4.69) is 15.0 Å². The van der Waals surface area contributed by atoms with Crippen molar-refractivity contribution in [3.63, 3.8) is 0 Å². The molecule has 0 aromatic heterocycles. The lowest BCUT2D eigenvalue weighted by molar-refractivity contribution is 0.336. The summed E-state index contributed by atoms with van der Waals surface area (Å²) in [6, 6.07) is 14.7. The van der Waals surface area contributed by atoms with Crippen molar-refractivity contribution in [3.8, 4) is 11.5 Å². The highest BCUT2D eigenvalue weighted by Gasteiger charge is 2.10. The Labute approximate surface area is 154 Å². The average molecular weight is 377 g/mol. The maximum Gasteiger partial charge on any atom is 0.232 e. The molecule has 2 aromatic rings. The Morgan fingerprint density at radius 2 is 1.73 bits per heavy atom. The number of ether oxygens (including phenoxy) is 2. The van der Waals surface area contributed by atoms with Crippen LogP contribution in [0.15, 0.2) is 53.5 Å². The molecule has 0 saturated heterocycles. The number of aliphatic imine (C=N–C) groups is 1. The molecule has 0 saturated carbocycles. The molecule has 0 heterocycles. The first kappa shape index (κ1) is 19.6. The lowest BCUT2D eigenvalue weighted by Crippen LogP contribution is -2.35. The summed E-state index contributed by atoms with van der Waals surface area (Å²) in [4.78, 5) is 4.37. The van der Waals surface area contributed by atoms with E-state index >= 15 is 0 Å². The van der Waals surface area contributed by atoms with Crippen molar-refractivity contribution < 1.29 is 17.9 Å². The van der Waals surface area contributed by atoms with E-state index in [-0.39, 0.29) is 12.5 Å². The molecule has 0 unspecified atom stereocenters. The van der Waals surface area contributed by atoms with Crippen molar-refractivity contribution in [1.82, 2.24) is 4.72 Å². The smallest absolute Gasteiger partial charge is 0.232 e. The molecule has 0 atom stereocenters. The van der Waals surface area contributed by atoms with Gasteiger partial charge in [-0.05, 0) is 25.1 Å². The van der Waals surface area contributed by atoms with Gasteiger partial charge in [-0.1, -0.05) is 30.3 Å². The molecule has 2 aromatic carbocycles. The van der Waals surface area contributed by atoms with Crippen LogP contribution in [0.3, 0.4) is 0 Å². The number of sulfonamides is 1. The molecule has 0 amide bonds. The van der Waals surface area contributed by atoms with Gasteiger partial charge < -0.3 is 14.8 Å². The molecule has 8 heteroatoms. The summed E-state index contributed by atoms with van der Waals surface area (Å²) in [5.41, 5.74) is 1.45. The molecule has 0 aliphatic heterocycles. The minimum absolute atomic E-state index is 0.100.